The summed E-state index contributed by atoms with van der Waals surface area (Å²) in [7, 11) is 0. The molecule has 2 rings (SSSR count). The van der Waals surface area contributed by atoms with E-state index in [2.05, 4.69) is 0 Å². The third-order valence-corrected chi connectivity index (χ3v) is 3.60. The molecule has 1 aliphatic rings. The Morgan fingerprint density at radius 3 is 2.61 bits per heavy atom. The molecule has 0 saturated heterocycles. The van der Waals surface area contributed by atoms with Crippen LogP contribution in [0.4, 0.5) is 8.78 Å². The van der Waals surface area contributed by atoms with Crippen molar-refractivity contribution in [1.29, 1.82) is 0 Å². The zero-order chi connectivity index (χ0) is 13.3. The van der Waals surface area contributed by atoms with Gasteiger partial charge in [0.2, 0.25) is 0 Å². The van der Waals surface area contributed by atoms with Gasteiger partial charge in [0.05, 0.1) is 11.5 Å². The Morgan fingerprint density at radius 1 is 1.44 bits per heavy atom. The van der Waals surface area contributed by atoms with Crippen LogP contribution < -0.4 is 0 Å². The van der Waals surface area contributed by atoms with E-state index < -0.39 is 23.2 Å². The smallest absolute Gasteiger partial charge is 0.141 e. The molecule has 1 N–H and O–H groups in total. The van der Waals surface area contributed by atoms with Gasteiger partial charge in [-0.15, -0.1) is 0 Å². The molecule has 4 heteroatoms. The van der Waals surface area contributed by atoms with Gasteiger partial charge < -0.3 is 5.11 Å². The number of hydrogen-bond acceptors (Lipinski definition) is 2. The second-order valence-corrected chi connectivity index (χ2v) is 4.90. The number of aliphatic hydroxyl groups is 1. The zero-order valence-electron chi connectivity index (χ0n) is 10.2. The van der Waals surface area contributed by atoms with Crippen LogP contribution >= 0.6 is 0 Å². The molecule has 2 nitrogen and oxygen atoms in total. The summed E-state index contributed by atoms with van der Waals surface area (Å²) in [4.78, 5) is 12.0. The lowest BCUT2D eigenvalue weighted by Crippen LogP contribution is -2.24. The predicted octanol–water partition coefficient (Wildman–Crippen LogP) is 3.15. The van der Waals surface area contributed by atoms with Crippen molar-refractivity contribution in [2.24, 2.45) is 5.41 Å². The number of benzene rings is 1. The standard InChI is InChI=1S/C14H16F2O2/c1-2-3-12(17)14(6-7-14)13(18)10-5-4-9(15)8-11(10)16/h4-5,8,13,18H,2-3,6-7H2,1H3. The Kier molecular flexibility index (Phi) is 3.48. The highest BCUT2D eigenvalue weighted by atomic mass is 19.1. The first-order valence-electron chi connectivity index (χ1n) is 6.17. The summed E-state index contributed by atoms with van der Waals surface area (Å²) in [6.07, 6.45) is 1.07. The van der Waals surface area contributed by atoms with Gasteiger partial charge in [-0.2, -0.15) is 0 Å². The summed E-state index contributed by atoms with van der Waals surface area (Å²) in [5.41, 5.74) is -0.826. The van der Waals surface area contributed by atoms with Crippen LogP contribution in [0.25, 0.3) is 0 Å². The summed E-state index contributed by atoms with van der Waals surface area (Å²) in [5.74, 6) is -1.51. The summed E-state index contributed by atoms with van der Waals surface area (Å²) in [5, 5.41) is 10.2. The van der Waals surface area contributed by atoms with Crippen LogP contribution in [0.1, 0.15) is 44.3 Å². The highest BCUT2D eigenvalue weighted by Gasteiger charge is 2.55. The second-order valence-electron chi connectivity index (χ2n) is 4.90. The molecule has 0 bridgehead atoms. The predicted molar refractivity (Wildman–Crippen MR) is 62.9 cm³/mol. The van der Waals surface area contributed by atoms with Crippen molar-refractivity contribution in [1.82, 2.24) is 0 Å². The van der Waals surface area contributed by atoms with Crippen LogP contribution in [0.3, 0.4) is 0 Å². The average Bonchev–Trinajstić information content (AvgIpc) is 3.09. The number of carbonyl (C=O) groups excluding carboxylic acids is 1. The fraction of sp³-hybridized carbons (Fsp3) is 0.500. The van der Waals surface area contributed by atoms with Crippen LogP contribution in [0, 0.1) is 17.0 Å². The third-order valence-electron chi connectivity index (χ3n) is 3.60. The topological polar surface area (TPSA) is 37.3 Å². The first kappa shape index (κ1) is 13.1. The minimum absolute atomic E-state index is 0.0124. The van der Waals surface area contributed by atoms with E-state index in [0.29, 0.717) is 25.7 Å². The number of rotatable bonds is 5. The van der Waals surface area contributed by atoms with E-state index in [-0.39, 0.29) is 11.3 Å². The molecule has 1 fully saturated rings. The van der Waals surface area contributed by atoms with Crippen LogP contribution in [-0.4, -0.2) is 10.9 Å². The quantitative estimate of drug-likeness (QED) is 0.876. The minimum Gasteiger partial charge on any atom is -0.387 e. The van der Waals surface area contributed by atoms with Gasteiger partial charge in [-0.05, 0) is 25.3 Å². The Hall–Kier alpha value is -1.29. The molecule has 1 aromatic rings. The maximum atomic E-state index is 13.6. The van der Waals surface area contributed by atoms with Gasteiger partial charge in [0.1, 0.15) is 17.4 Å². The molecule has 98 valence electrons. The van der Waals surface area contributed by atoms with Gasteiger partial charge in [0.25, 0.3) is 0 Å². The van der Waals surface area contributed by atoms with E-state index in [1.807, 2.05) is 6.92 Å². The third kappa shape index (κ3) is 2.17. The minimum atomic E-state index is -1.17. The first-order chi connectivity index (χ1) is 8.51. The molecule has 1 saturated carbocycles. The maximum Gasteiger partial charge on any atom is 0.141 e. The van der Waals surface area contributed by atoms with Gasteiger partial charge in [-0.1, -0.05) is 13.0 Å². The molecule has 0 radical (unpaired) electrons. The maximum absolute atomic E-state index is 13.6. The molecule has 0 amide bonds. The average molecular weight is 254 g/mol. The molecular formula is C14H16F2O2. The summed E-state index contributed by atoms with van der Waals surface area (Å²) in [6, 6.07) is 3.05. The number of halogens is 2. The van der Waals surface area contributed by atoms with Crippen molar-refractivity contribution in [3.05, 3.63) is 35.4 Å². The van der Waals surface area contributed by atoms with Crippen molar-refractivity contribution in [3.63, 3.8) is 0 Å². The molecule has 0 heterocycles. The normalized spacial score (nSPS) is 18.4. The van der Waals surface area contributed by atoms with Gasteiger partial charge in [-0.25, -0.2) is 8.78 Å². The lowest BCUT2D eigenvalue weighted by Gasteiger charge is -2.21. The highest BCUT2D eigenvalue weighted by Crippen LogP contribution is 2.56. The fourth-order valence-corrected chi connectivity index (χ4v) is 2.34. The van der Waals surface area contributed by atoms with Crippen molar-refractivity contribution in [2.75, 3.05) is 0 Å². The molecule has 0 aromatic heterocycles. The first-order valence-corrected chi connectivity index (χ1v) is 6.17. The number of aliphatic hydroxyl groups excluding tert-OH is 1. The Bertz CT molecular complexity index is 467. The summed E-state index contributed by atoms with van der Waals surface area (Å²) >= 11 is 0. The van der Waals surface area contributed by atoms with Gasteiger partial charge in [-0.3, -0.25) is 4.79 Å². The van der Waals surface area contributed by atoms with Gasteiger partial charge in [0, 0.05) is 18.1 Å². The number of hydrogen-bond donors (Lipinski definition) is 1. The molecule has 18 heavy (non-hydrogen) atoms. The molecule has 0 aliphatic heterocycles. The van der Waals surface area contributed by atoms with Gasteiger partial charge in [0.15, 0.2) is 0 Å². The SMILES string of the molecule is CCCC(=O)C1(C(O)c2ccc(F)cc2F)CC1. The van der Waals surface area contributed by atoms with E-state index in [1.165, 1.54) is 6.07 Å². The number of Topliss-reactive ketones (excluding diaryl/α,β-unsaturated/α-hetero) is 1. The van der Waals surface area contributed by atoms with Crippen LogP contribution in [0.2, 0.25) is 0 Å². The summed E-state index contributed by atoms with van der Waals surface area (Å²) in [6.45, 7) is 1.89. The Morgan fingerprint density at radius 2 is 2.11 bits per heavy atom. The summed E-state index contributed by atoms with van der Waals surface area (Å²) < 4.78 is 26.4. The monoisotopic (exact) mass is 254 g/mol. The highest BCUT2D eigenvalue weighted by molar-refractivity contribution is 5.88. The van der Waals surface area contributed by atoms with Crippen molar-refractivity contribution < 1.29 is 18.7 Å². The zero-order valence-corrected chi connectivity index (χ0v) is 10.2. The largest absolute Gasteiger partial charge is 0.387 e. The van der Waals surface area contributed by atoms with Crippen LogP contribution in [-0.2, 0) is 4.79 Å². The molecule has 1 atom stereocenters. The molecule has 0 spiro atoms. The Labute approximate surface area is 105 Å². The Balaban J connectivity index is 2.26. The van der Waals surface area contributed by atoms with Crippen molar-refractivity contribution in [2.45, 2.75) is 38.7 Å². The van der Waals surface area contributed by atoms with E-state index in [1.54, 1.807) is 0 Å². The molecule has 1 aromatic carbocycles. The van der Waals surface area contributed by atoms with Crippen LogP contribution in [0.15, 0.2) is 18.2 Å². The van der Waals surface area contributed by atoms with Gasteiger partial charge >= 0.3 is 0 Å². The molecule has 1 aliphatic carbocycles. The van der Waals surface area contributed by atoms with E-state index >= 15 is 0 Å². The lowest BCUT2D eigenvalue weighted by molar-refractivity contribution is -0.128. The second kappa shape index (κ2) is 4.76. The van der Waals surface area contributed by atoms with E-state index in [0.717, 1.165) is 12.1 Å². The molecule has 1 unspecified atom stereocenters. The van der Waals surface area contributed by atoms with Crippen LogP contribution in [0.5, 0.6) is 0 Å². The molecular weight excluding hydrogens is 238 g/mol. The van der Waals surface area contributed by atoms with E-state index in [9.17, 15) is 18.7 Å². The van der Waals surface area contributed by atoms with Crippen molar-refractivity contribution >= 4 is 5.78 Å². The fourth-order valence-electron chi connectivity index (χ4n) is 2.34. The van der Waals surface area contributed by atoms with E-state index in [4.69, 9.17) is 0 Å². The number of ketones is 1. The number of carbonyl (C=O) groups is 1. The van der Waals surface area contributed by atoms with Crippen molar-refractivity contribution in [3.8, 4) is 0 Å². The lowest BCUT2D eigenvalue weighted by atomic mass is 9.86.